The normalized spacial score (nSPS) is 12.2. The molecule has 6 heteroatoms. The Bertz CT molecular complexity index is 1450. The molecule has 0 bridgehead atoms. The van der Waals surface area contributed by atoms with Crippen molar-refractivity contribution >= 4 is 33.6 Å². The van der Waals surface area contributed by atoms with E-state index in [1.54, 1.807) is 17.5 Å². The van der Waals surface area contributed by atoms with Gasteiger partial charge in [-0.1, -0.05) is 30.4 Å². The first kappa shape index (κ1) is 20.0. The summed E-state index contributed by atoms with van der Waals surface area (Å²) >= 11 is 1.76. The summed E-state index contributed by atoms with van der Waals surface area (Å²) in [6.07, 6.45) is 9.82. The molecule has 32 heavy (non-hydrogen) atoms. The first-order chi connectivity index (χ1) is 15.6. The van der Waals surface area contributed by atoms with Gasteiger partial charge in [0, 0.05) is 44.2 Å². The molecule has 1 aromatic carbocycles. The van der Waals surface area contributed by atoms with E-state index in [-0.39, 0.29) is 0 Å². The maximum absolute atomic E-state index is 6.47. The molecular formula is C26H23N5S. The van der Waals surface area contributed by atoms with Crippen LogP contribution in [0.15, 0.2) is 79.2 Å². The van der Waals surface area contributed by atoms with Crippen LogP contribution >= 0.6 is 11.3 Å². The molecule has 0 amide bonds. The molecule has 0 radical (unpaired) electrons. The van der Waals surface area contributed by atoms with E-state index in [9.17, 15) is 0 Å². The smallest absolute Gasteiger partial charge is 0.116 e. The minimum Gasteiger partial charge on any atom is -0.385 e. The molecule has 158 valence electrons. The molecule has 0 aliphatic carbocycles. The highest BCUT2D eigenvalue weighted by molar-refractivity contribution is 7.13. The van der Waals surface area contributed by atoms with Gasteiger partial charge >= 0.3 is 0 Å². The maximum atomic E-state index is 6.47. The Labute approximate surface area is 190 Å². The second-order valence-corrected chi connectivity index (χ2v) is 8.89. The number of nitrogens with zero attached hydrogens (tertiary/aromatic N) is 2. The summed E-state index contributed by atoms with van der Waals surface area (Å²) in [5.41, 5.74) is 13.4. The summed E-state index contributed by atoms with van der Waals surface area (Å²) in [6.45, 7) is 4.12. The number of thiophene rings is 1. The van der Waals surface area contributed by atoms with Crippen molar-refractivity contribution in [3.63, 3.8) is 0 Å². The Morgan fingerprint density at radius 1 is 1.09 bits per heavy atom. The molecule has 5 aromatic rings. The van der Waals surface area contributed by atoms with Crippen LogP contribution in [0.3, 0.4) is 0 Å². The second kappa shape index (κ2) is 8.32. The molecule has 0 aliphatic heterocycles. The van der Waals surface area contributed by atoms with E-state index < -0.39 is 0 Å². The van der Waals surface area contributed by atoms with Crippen molar-refractivity contribution in [1.82, 2.24) is 20.2 Å². The van der Waals surface area contributed by atoms with E-state index in [0.717, 1.165) is 44.6 Å². The van der Waals surface area contributed by atoms with Crippen LogP contribution in [0.1, 0.15) is 22.2 Å². The van der Waals surface area contributed by atoms with E-state index in [1.165, 1.54) is 9.75 Å². The third kappa shape index (κ3) is 3.65. The molecule has 0 unspecified atom stereocenters. The lowest BCUT2D eigenvalue weighted by atomic mass is 10.0. The lowest BCUT2D eigenvalue weighted by Gasteiger charge is -2.03. The first-order valence-electron chi connectivity index (χ1n) is 10.4. The van der Waals surface area contributed by atoms with Crippen molar-refractivity contribution in [2.75, 3.05) is 5.73 Å². The zero-order valence-electron chi connectivity index (χ0n) is 17.9. The molecule has 0 fully saturated rings. The van der Waals surface area contributed by atoms with Gasteiger partial charge < -0.3 is 10.7 Å². The topological polar surface area (TPSA) is 83.4 Å². The Kier molecular flexibility index (Phi) is 5.21. The molecule has 0 saturated heterocycles. The van der Waals surface area contributed by atoms with Crippen molar-refractivity contribution in [1.29, 1.82) is 0 Å². The highest BCUT2D eigenvalue weighted by Gasteiger charge is 2.17. The Hall–Kier alpha value is -3.90. The van der Waals surface area contributed by atoms with Gasteiger partial charge in [-0.3, -0.25) is 10.1 Å². The zero-order valence-corrected chi connectivity index (χ0v) is 18.7. The average molecular weight is 438 g/mol. The number of hydrogen-bond acceptors (Lipinski definition) is 4. The number of aryl methyl sites for hydroxylation is 1. The fraction of sp³-hybridized carbons (Fsp3) is 0.0769. The Morgan fingerprint density at radius 2 is 2.00 bits per heavy atom. The quantitative estimate of drug-likeness (QED) is 0.272. The fourth-order valence-corrected chi connectivity index (χ4v) is 4.74. The number of allylic oxidation sites excluding steroid dienone is 3. The summed E-state index contributed by atoms with van der Waals surface area (Å²) in [4.78, 5) is 10.0. The van der Waals surface area contributed by atoms with Crippen molar-refractivity contribution in [3.05, 3.63) is 94.5 Å². The zero-order chi connectivity index (χ0) is 22.1. The summed E-state index contributed by atoms with van der Waals surface area (Å²) < 4.78 is 0. The number of aromatic nitrogens is 4. The van der Waals surface area contributed by atoms with E-state index in [0.29, 0.717) is 5.82 Å². The summed E-state index contributed by atoms with van der Waals surface area (Å²) in [6, 6.07) is 16.6. The lowest BCUT2D eigenvalue weighted by Crippen LogP contribution is -1.91. The standard InChI is InChI=1S/C26H23N5S/c1-3-4-7-19(24-11-8-16(2)32-24)20-14-23(29-26(20)27)25-21-13-17(9-10-22(21)30-31-25)18-6-5-12-28-15-18/h3-15,29H,27H2,1-2H3,(H,30,31)/b4-3-,19-7+. The van der Waals surface area contributed by atoms with Gasteiger partial charge in [-0.25, -0.2) is 0 Å². The molecular weight excluding hydrogens is 414 g/mol. The van der Waals surface area contributed by atoms with Crippen LogP contribution < -0.4 is 5.73 Å². The van der Waals surface area contributed by atoms with E-state index >= 15 is 0 Å². The molecule has 5 nitrogen and oxygen atoms in total. The van der Waals surface area contributed by atoms with Gasteiger partial charge in [0.1, 0.15) is 11.5 Å². The second-order valence-electron chi connectivity index (χ2n) is 7.60. The van der Waals surface area contributed by atoms with Crippen LogP contribution in [0, 0.1) is 6.92 Å². The van der Waals surface area contributed by atoms with E-state index in [2.05, 4.69) is 69.6 Å². The van der Waals surface area contributed by atoms with Crippen molar-refractivity contribution < 1.29 is 0 Å². The molecule has 4 aromatic heterocycles. The van der Waals surface area contributed by atoms with Crippen molar-refractivity contribution in [2.45, 2.75) is 13.8 Å². The number of aromatic amines is 2. The number of fused-ring (bicyclic) bond motifs is 1. The number of nitrogens with two attached hydrogens (primary N) is 1. The molecule has 5 rings (SSSR count). The average Bonchev–Trinajstić information content (AvgIpc) is 3.53. The van der Waals surface area contributed by atoms with Crippen LogP contribution in [0.4, 0.5) is 5.82 Å². The number of nitrogens with one attached hydrogen (secondary N) is 2. The van der Waals surface area contributed by atoms with Gasteiger partial charge in [0.05, 0.1) is 11.2 Å². The van der Waals surface area contributed by atoms with Crippen LogP contribution in [0.5, 0.6) is 0 Å². The minimum atomic E-state index is 0.626. The predicted molar refractivity (Wildman–Crippen MR) is 134 cm³/mol. The number of hydrogen-bond donors (Lipinski definition) is 3. The molecule has 0 atom stereocenters. The van der Waals surface area contributed by atoms with Gasteiger partial charge in [-0.05, 0) is 55.8 Å². The number of benzene rings is 1. The number of anilines is 1. The Balaban J connectivity index is 1.61. The van der Waals surface area contributed by atoms with Crippen LogP contribution in [0.25, 0.3) is 39.0 Å². The first-order valence-corrected chi connectivity index (χ1v) is 11.2. The van der Waals surface area contributed by atoms with Crippen molar-refractivity contribution in [2.24, 2.45) is 0 Å². The highest BCUT2D eigenvalue weighted by Crippen LogP contribution is 2.37. The molecule has 0 aliphatic rings. The van der Waals surface area contributed by atoms with Gasteiger partial charge in [0.25, 0.3) is 0 Å². The summed E-state index contributed by atoms with van der Waals surface area (Å²) in [7, 11) is 0. The van der Waals surface area contributed by atoms with Crippen molar-refractivity contribution in [3.8, 4) is 22.5 Å². The molecule has 4 N–H and O–H groups in total. The highest BCUT2D eigenvalue weighted by atomic mass is 32.1. The Morgan fingerprint density at radius 3 is 2.75 bits per heavy atom. The van der Waals surface area contributed by atoms with Gasteiger partial charge in [-0.2, -0.15) is 5.10 Å². The molecule has 0 saturated carbocycles. The van der Waals surface area contributed by atoms with Crippen LogP contribution in [0.2, 0.25) is 0 Å². The number of rotatable bonds is 5. The third-order valence-electron chi connectivity index (χ3n) is 5.41. The fourth-order valence-electron chi connectivity index (χ4n) is 3.83. The third-order valence-corrected chi connectivity index (χ3v) is 6.45. The summed E-state index contributed by atoms with van der Waals surface area (Å²) in [5, 5.41) is 8.77. The van der Waals surface area contributed by atoms with Gasteiger partial charge in [0.15, 0.2) is 0 Å². The summed E-state index contributed by atoms with van der Waals surface area (Å²) in [5.74, 6) is 0.626. The SMILES string of the molecule is C/C=C\C=C(\c1ccc(C)s1)c1cc(-c2n[nH]c3ccc(-c4cccnc4)cc23)[nH]c1N. The largest absolute Gasteiger partial charge is 0.385 e. The van der Waals surface area contributed by atoms with E-state index in [4.69, 9.17) is 5.73 Å². The molecule has 0 spiro atoms. The van der Waals surface area contributed by atoms with E-state index in [1.807, 2.05) is 37.4 Å². The van der Waals surface area contributed by atoms with Gasteiger partial charge in [-0.15, -0.1) is 11.3 Å². The predicted octanol–water partition coefficient (Wildman–Crippen LogP) is 6.58. The van der Waals surface area contributed by atoms with Gasteiger partial charge in [0.2, 0.25) is 0 Å². The van der Waals surface area contributed by atoms with Crippen LogP contribution in [-0.2, 0) is 0 Å². The number of nitrogen functional groups attached to an aromatic ring is 1. The van der Waals surface area contributed by atoms with Crippen LogP contribution in [-0.4, -0.2) is 20.2 Å². The maximum Gasteiger partial charge on any atom is 0.116 e. The number of pyridine rings is 1. The minimum absolute atomic E-state index is 0.626. The molecule has 4 heterocycles. The number of H-pyrrole nitrogens is 2. The monoisotopic (exact) mass is 437 g/mol. The lowest BCUT2D eigenvalue weighted by molar-refractivity contribution is 1.12.